The highest BCUT2D eigenvalue weighted by molar-refractivity contribution is 9.10. The normalized spacial score (nSPS) is 10.3. The average molecular weight is 289 g/mol. The van der Waals surface area contributed by atoms with Gasteiger partial charge in [-0.05, 0) is 39.6 Å². The zero-order chi connectivity index (χ0) is 10.8. The van der Waals surface area contributed by atoms with Crippen molar-refractivity contribution < 1.29 is 9.13 Å². The molecule has 0 saturated heterocycles. The molecule has 6 heteroatoms. The number of hydrogen-bond acceptors (Lipinski definition) is 4. The molecular weight excluding hydrogens is 283 g/mol. The Hall–Kier alpha value is -1.01. The molecule has 0 amide bonds. The maximum atomic E-state index is 13.6. The first-order chi connectivity index (χ1) is 7.22. The van der Waals surface area contributed by atoms with Crippen molar-refractivity contribution in [2.75, 3.05) is 7.11 Å². The summed E-state index contributed by atoms with van der Waals surface area (Å²) >= 11 is 4.24. The summed E-state index contributed by atoms with van der Waals surface area (Å²) in [5, 5.41) is 0.497. The zero-order valence-corrected chi connectivity index (χ0v) is 10.1. The molecule has 15 heavy (non-hydrogen) atoms. The molecule has 0 fully saturated rings. The van der Waals surface area contributed by atoms with Gasteiger partial charge in [0.1, 0.15) is 11.6 Å². The number of benzene rings is 1. The Labute approximate surface area is 98.2 Å². The summed E-state index contributed by atoms with van der Waals surface area (Å²) < 4.78 is 23.0. The molecule has 3 nitrogen and oxygen atoms in total. The number of rotatable bonds is 2. The number of methoxy groups -OCH3 is 1. The van der Waals surface area contributed by atoms with E-state index in [-0.39, 0.29) is 5.82 Å². The summed E-state index contributed by atoms with van der Waals surface area (Å²) in [6.45, 7) is 0. The third-order valence-corrected chi connectivity index (χ3v) is 3.13. The topological polar surface area (TPSA) is 35.0 Å². The Balaban J connectivity index is 2.60. The van der Waals surface area contributed by atoms with Gasteiger partial charge in [0.05, 0.1) is 12.7 Å². The molecule has 1 heterocycles. The third-order valence-electron chi connectivity index (χ3n) is 1.81. The summed E-state index contributed by atoms with van der Waals surface area (Å²) in [6.07, 6.45) is 0. The maximum Gasteiger partial charge on any atom is 0.209 e. The Morgan fingerprint density at radius 1 is 1.47 bits per heavy atom. The van der Waals surface area contributed by atoms with Crippen LogP contribution in [0, 0.1) is 5.82 Å². The SMILES string of the molecule is COc1cccc(F)c1-c1nc(Br)ns1. The molecule has 0 saturated carbocycles. The second-order valence-corrected chi connectivity index (χ2v) is 4.15. The van der Waals surface area contributed by atoms with Crippen LogP contribution in [0.3, 0.4) is 0 Å². The number of hydrogen-bond donors (Lipinski definition) is 0. The molecule has 0 aliphatic carbocycles. The predicted molar refractivity (Wildman–Crippen MR) is 59.6 cm³/mol. The Bertz CT molecular complexity index is 489. The molecule has 0 atom stereocenters. The third kappa shape index (κ3) is 2.00. The van der Waals surface area contributed by atoms with Crippen LogP contribution in [0.2, 0.25) is 0 Å². The van der Waals surface area contributed by atoms with Gasteiger partial charge in [-0.15, -0.1) is 0 Å². The fourth-order valence-electron chi connectivity index (χ4n) is 1.19. The van der Waals surface area contributed by atoms with E-state index in [0.717, 1.165) is 11.5 Å². The monoisotopic (exact) mass is 288 g/mol. The lowest BCUT2D eigenvalue weighted by atomic mass is 10.2. The number of aromatic nitrogens is 2. The summed E-state index contributed by atoms with van der Waals surface area (Å²) in [7, 11) is 1.49. The van der Waals surface area contributed by atoms with Crippen molar-refractivity contribution in [1.29, 1.82) is 0 Å². The van der Waals surface area contributed by atoms with Crippen LogP contribution >= 0.6 is 27.5 Å². The van der Waals surface area contributed by atoms with Gasteiger partial charge in [-0.25, -0.2) is 9.37 Å². The van der Waals surface area contributed by atoms with E-state index >= 15 is 0 Å². The fraction of sp³-hybridized carbons (Fsp3) is 0.111. The van der Waals surface area contributed by atoms with Gasteiger partial charge in [-0.2, -0.15) is 4.37 Å². The number of halogens is 2. The Morgan fingerprint density at radius 2 is 2.27 bits per heavy atom. The van der Waals surface area contributed by atoms with Crippen molar-refractivity contribution in [2.24, 2.45) is 0 Å². The van der Waals surface area contributed by atoms with Gasteiger partial charge < -0.3 is 4.74 Å². The van der Waals surface area contributed by atoms with E-state index in [1.807, 2.05) is 0 Å². The van der Waals surface area contributed by atoms with Crippen LogP contribution in [0.25, 0.3) is 10.6 Å². The second kappa shape index (κ2) is 4.24. The van der Waals surface area contributed by atoms with Gasteiger partial charge in [0.15, 0.2) is 5.01 Å². The van der Waals surface area contributed by atoms with Crippen LogP contribution in [0.4, 0.5) is 4.39 Å². The largest absolute Gasteiger partial charge is 0.496 e. The summed E-state index contributed by atoms with van der Waals surface area (Å²) in [6, 6.07) is 4.65. The van der Waals surface area contributed by atoms with Crippen molar-refractivity contribution >= 4 is 27.5 Å². The zero-order valence-electron chi connectivity index (χ0n) is 7.70. The van der Waals surface area contributed by atoms with E-state index in [1.165, 1.54) is 13.2 Å². The Morgan fingerprint density at radius 3 is 2.87 bits per heavy atom. The molecule has 0 aliphatic rings. The minimum Gasteiger partial charge on any atom is -0.496 e. The predicted octanol–water partition coefficient (Wildman–Crippen LogP) is 3.12. The quantitative estimate of drug-likeness (QED) is 0.852. The minimum atomic E-state index is -0.363. The summed E-state index contributed by atoms with van der Waals surface area (Å²) in [4.78, 5) is 4.05. The van der Waals surface area contributed by atoms with E-state index in [9.17, 15) is 4.39 Å². The highest BCUT2D eigenvalue weighted by Gasteiger charge is 2.15. The smallest absolute Gasteiger partial charge is 0.209 e. The van der Waals surface area contributed by atoms with E-state index in [0.29, 0.717) is 21.1 Å². The lowest BCUT2D eigenvalue weighted by Gasteiger charge is -2.05. The second-order valence-electron chi connectivity index (χ2n) is 2.69. The fourth-order valence-corrected chi connectivity index (χ4v) is 2.32. The Kier molecular flexibility index (Phi) is 2.97. The van der Waals surface area contributed by atoms with E-state index < -0.39 is 0 Å². The highest BCUT2D eigenvalue weighted by atomic mass is 79.9. The van der Waals surface area contributed by atoms with Gasteiger partial charge in [-0.3, -0.25) is 0 Å². The number of ether oxygens (including phenoxy) is 1. The van der Waals surface area contributed by atoms with Gasteiger partial charge in [0.25, 0.3) is 0 Å². The first kappa shape index (κ1) is 10.5. The molecule has 0 spiro atoms. The molecular formula is C9H6BrFN2OS. The first-order valence-electron chi connectivity index (χ1n) is 4.04. The van der Waals surface area contributed by atoms with Crippen LogP contribution < -0.4 is 4.74 Å². The van der Waals surface area contributed by atoms with Gasteiger partial charge >= 0.3 is 0 Å². The maximum absolute atomic E-state index is 13.6. The van der Waals surface area contributed by atoms with Gasteiger partial charge in [-0.1, -0.05) is 6.07 Å². The van der Waals surface area contributed by atoms with Crippen molar-refractivity contribution in [2.45, 2.75) is 0 Å². The molecule has 1 aromatic heterocycles. The standard InChI is InChI=1S/C9H6BrFN2OS/c1-14-6-4-2-3-5(11)7(6)8-12-9(10)13-15-8/h2-4H,1H3. The van der Waals surface area contributed by atoms with E-state index in [4.69, 9.17) is 4.74 Å². The molecule has 0 N–H and O–H groups in total. The first-order valence-corrected chi connectivity index (χ1v) is 5.61. The number of nitrogens with zero attached hydrogens (tertiary/aromatic N) is 2. The van der Waals surface area contributed by atoms with Gasteiger partial charge in [0, 0.05) is 0 Å². The van der Waals surface area contributed by atoms with Crippen LogP contribution in [0.5, 0.6) is 5.75 Å². The van der Waals surface area contributed by atoms with Crippen LogP contribution in [0.15, 0.2) is 22.9 Å². The minimum absolute atomic E-state index is 0.350. The summed E-state index contributed by atoms with van der Waals surface area (Å²) in [5.74, 6) is 0.0941. The van der Waals surface area contributed by atoms with Crippen molar-refractivity contribution in [3.63, 3.8) is 0 Å². The lowest BCUT2D eigenvalue weighted by molar-refractivity contribution is 0.413. The lowest BCUT2D eigenvalue weighted by Crippen LogP contribution is -1.90. The molecule has 2 aromatic rings. The van der Waals surface area contributed by atoms with Crippen LogP contribution in [-0.2, 0) is 0 Å². The molecule has 1 aromatic carbocycles. The van der Waals surface area contributed by atoms with Gasteiger partial charge in [0.2, 0.25) is 4.73 Å². The van der Waals surface area contributed by atoms with E-state index in [1.54, 1.807) is 12.1 Å². The molecule has 0 radical (unpaired) electrons. The molecule has 2 rings (SSSR count). The molecule has 78 valence electrons. The summed E-state index contributed by atoms with van der Waals surface area (Å²) in [5.41, 5.74) is 0.350. The van der Waals surface area contributed by atoms with Crippen molar-refractivity contribution in [3.05, 3.63) is 28.7 Å². The molecule has 0 unspecified atom stereocenters. The van der Waals surface area contributed by atoms with Crippen molar-refractivity contribution in [1.82, 2.24) is 9.36 Å². The highest BCUT2D eigenvalue weighted by Crippen LogP contribution is 2.33. The van der Waals surface area contributed by atoms with E-state index in [2.05, 4.69) is 25.3 Å². The van der Waals surface area contributed by atoms with Crippen LogP contribution in [-0.4, -0.2) is 16.5 Å². The average Bonchev–Trinajstić information content (AvgIpc) is 2.64. The molecule has 0 aliphatic heterocycles. The molecule has 0 bridgehead atoms. The van der Waals surface area contributed by atoms with Crippen molar-refractivity contribution in [3.8, 4) is 16.3 Å². The van der Waals surface area contributed by atoms with Crippen LogP contribution in [0.1, 0.15) is 0 Å².